The van der Waals surface area contributed by atoms with Crippen LogP contribution in [0.5, 0.6) is 5.75 Å². The van der Waals surface area contributed by atoms with E-state index < -0.39 is 0 Å². The zero-order valence-corrected chi connectivity index (χ0v) is 17.1. The van der Waals surface area contributed by atoms with Crippen molar-refractivity contribution in [3.63, 3.8) is 0 Å². The molecule has 2 heterocycles. The first-order valence-electron chi connectivity index (χ1n) is 9.04. The van der Waals surface area contributed by atoms with Gasteiger partial charge in [0.25, 0.3) is 5.91 Å². The van der Waals surface area contributed by atoms with Gasteiger partial charge in [0.15, 0.2) is 0 Å². The Kier molecular flexibility index (Phi) is 6.26. The second kappa shape index (κ2) is 8.84. The van der Waals surface area contributed by atoms with Crippen LogP contribution in [-0.4, -0.2) is 29.5 Å². The molecule has 3 N–H and O–H groups in total. The summed E-state index contributed by atoms with van der Waals surface area (Å²) in [6.07, 6.45) is 3.30. The highest BCUT2D eigenvalue weighted by atomic mass is 32.1. The summed E-state index contributed by atoms with van der Waals surface area (Å²) in [4.78, 5) is 22.0. The Morgan fingerprint density at radius 2 is 1.96 bits per heavy atom. The average molecular weight is 397 g/mol. The summed E-state index contributed by atoms with van der Waals surface area (Å²) in [6.45, 7) is 4.52. The lowest BCUT2D eigenvalue weighted by Crippen LogP contribution is -2.25. The molecule has 0 saturated carbocycles. The number of methoxy groups -OCH3 is 1. The Labute approximate surface area is 168 Å². The van der Waals surface area contributed by atoms with E-state index in [1.54, 1.807) is 48.9 Å². The summed E-state index contributed by atoms with van der Waals surface area (Å²) in [5.74, 6) is 1.86. The monoisotopic (exact) mass is 396 g/mol. The van der Waals surface area contributed by atoms with Crippen molar-refractivity contribution in [3.05, 3.63) is 68.8 Å². The number of thiophene rings is 1. The Balaban J connectivity index is 1.57. The molecule has 0 atom stereocenters. The number of hydrogen-bond acceptors (Lipinski definition) is 6. The molecule has 0 aliphatic rings. The average Bonchev–Trinajstić information content (AvgIpc) is 3.03. The molecular weight excluding hydrogens is 372 g/mol. The van der Waals surface area contributed by atoms with Crippen LogP contribution >= 0.6 is 11.3 Å². The fourth-order valence-corrected chi connectivity index (χ4v) is 3.98. The molecule has 0 saturated heterocycles. The van der Waals surface area contributed by atoms with Gasteiger partial charge in [-0.1, -0.05) is 0 Å². The predicted molar refractivity (Wildman–Crippen MR) is 112 cm³/mol. The number of nitrogens with two attached hydrogens (primary N) is 1. The Morgan fingerprint density at radius 1 is 1.21 bits per heavy atom. The van der Waals surface area contributed by atoms with E-state index in [4.69, 9.17) is 10.5 Å². The molecule has 0 aliphatic heterocycles. The third-order valence-electron chi connectivity index (χ3n) is 4.63. The fraction of sp³-hybridized carbons (Fsp3) is 0.286. The summed E-state index contributed by atoms with van der Waals surface area (Å²) in [6, 6.07) is 7.09. The predicted octanol–water partition coefficient (Wildman–Crippen LogP) is 3.31. The molecule has 0 fully saturated rings. The third-order valence-corrected chi connectivity index (χ3v) is 5.83. The van der Waals surface area contributed by atoms with E-state index in [2.05, 4.69) is 27.6 Å². The van der Waals surface area contributed by atoms with Crippen LogP contribution in [0, 0.1) is 13.8 Å². The van der Waals surface area contributed by atoms with Crippen LogP contribution in [0.3, 0.4) is 0 Å². The van der Waals surface area contributed by atoms with Crippen LogP contribution in [0.4, 0.5) is 5.82 Å². The maximum Gasteiger partial charge on any atom is 0.251 e. The van der Waals surface area contributed by atoms with Crippen molar-refractivity contribution >= 4 is 23.1 Å². The molecule has 3 rings (SSSR count). The molecule has 1 aromatic carbocycles. The van der Waals surface area contributed by atoms with Gasteiger partial charge in [-0.2, -0.15) is 0 Å². The summed E-state index contributed by atoms with van der Waals surface area (Å²) < 4.78 is 5.11. The normalized spacial score (nSPS) is 10.7. The quantitative estimate of drug-likeness (QED) is 0.639. The van der Waals surface area contributed by atoms with Gasteiger partial charge in [-0.15, -0.1) is 11.3 Å². The zero-order chi connectivity index (χ0) is 20.1. The van der Waals surface area contributed by atoms with Crippen LogP contribution in [0.15, 0.2) is 35.8 Å². The number of nitrogens with zero attached hydrogens (tertiary/aromatic N) is 2. The maximum absolute atomic E-state index is 12.3. The standard InChI is InChI=1S/C21H24N4O2S/c1-13-17(10-16-11-24-14(2)25-20(16)22)12-28-19(13)8-9-23-21(26)15-4-6-18(27-3)7-5-15/h4-7,11-12H,8-10H2,1-3H3,(H,23,26)(H2,22,24,25). The van der Waals surface area contributed by atoms with E-state index in [1.807, 2.05) is 6.92 Å². The lowest BCUT2D eigenvalue weighted by atomic mass is 10.0. The van der Waals surface area contributed by atoms with E-state index in [-0.39, 0.29) is 5.91 Å². The minimum absolute atomic E-state index is 0.0818. The third kappa shape index (κ3) is 4.67. The number of nitrogen functional groups attached to an aromatic ring is 1. The van der Waals surface area contributed by atoms with Crippen LogP contribution in [0.2, 0.25) is 0 Å². The van der Waals surface area contributed by atoms with Crippen molar-refractivity contribution < 1.29 is 9.53 Å². The number of aryl methyl sites for hydroxylation is 1. The van der Waals surface area contributed by atoms with Crippen LogP contribution in [-0.2, 0) is 12.8 Å². The summed E-state index contributed by atoms with van der Waals surface area (Å²) in [7, 11) is 1.60. The largest absolute Gasteiger partial charge is 0.497 e. The van der Waals surface area contributed by atoms with Crippen molar-refractivity contribution in [2.45, 2.75) is 26.7 Å². The van der Waals surface area contributed by atoms with Crippen molar-refractivity contribution in [2.75, 3.05) is 19.4 Å². The molecule has 1 amide bonds. The van der Waals surface area contributed by atoms with E-state index in [1.165, 1.54) is 16.0 Å². The minimum Gasteiger partial charge on any atom is -0.497 e. The van der Waals surface area contributed by atoms with E-state index >= 15 is 0 Å². The van der Waals surface area contributed by atoms with Gasteiger partial charge >= 0.3 is 0 Å². The number of aromatic nitrogens is 2. The fourth-order valence-electron chi connectivity index (χ4n) is 2.91. The minimum atomic E-state index is -0.0818. The van der Waals surface area contributed by atoms with Gasteiger partial charge in [-0.05, 0) is 61.0 Å². The van der Waals surface area contributed by atoms with E-state index in [9.17, 15) is 4.79 Å². The SMILES string of the molecule is COc1ccc(C(=O)NCCc2scc(Cc3cnc(C)nc3N)c2C)cc1. The first kappa shape index (κ1) is 19.8. The van der Waals surface area contributed by atoms with Crippen molar-refractivity contribution in [2.24, 2.45) is 0 Å². The summed E-state index contributed by atoms with van der Waals surface area (Å²) >= 11 is 1.71. The van der Waals surface area contributed by atoms with E-state index in [0.29, 0.717) is 30.2 Å². The molecule has 0 spiro atoms. The van der Waals surface area contributed by atoms with Gasteiger partial charge in [0.2, 0.25) is 0 Å². The van der Waals surface area contributed by atoms with Gasteiger partial charge in [0, 0.05) is 35.2 Å². The summed E-state index contributed by atoms with van der Waals surface area (Å²) in [5, 5.41) is 5.12. The number of amides is 1. The molecule has 28 heavy (non-hydrogen) atoms. The highest BCUT2D eigenvalue weighted by Gasteiger charge is 2.12. The molecule has 7 heteroatoms. The van der Waals surface area contributed by atoms with Gasteiger partial charge in [-0.3, -0.25) is 4.79 Å². The molecule has 0 aliphatic carbocycles. The van der Waals surface area contributed by atoms with Crippen molar-refractivity contribution in [3.8, 4) is 5.75 Å². The number of carbonyl (C=O) groups is 1. The Bertz CT molecular complexity index is 967. The number of benzene rings is 1. The van der Waals surface area contributed by atoms with Crippen molar-refractivity contribution in [1.82, 2.24) is 15.3 Å². The van der Waals surface area contributed by atoms with Crippen LogP contribution in [0.25, 0.3) is 0 Å². The number of carbonyl (C=O) groups excluding carboxylic acids is 1. The van der Waals surface area contributed by atoms with Gasteiger partial charge in [0.05, 0.1) is 7.11 Å². The second-order valence-electron chi connectivity index (χ2n) is 6.55. The molecule has 0 bridgehead atoms. The van der Waals surface area contributed by atoms with Crippen LogP contribution in [0.1, 0.15) is 37.7 Å². The first-order chi connectivity index (χ1) is 13.5. The lowest BCUT2D eigenvalue weighted by molar-refractivity contribution is 0.0954. The molecule has 0 radical (unpaired) electrons. The molecule has 6 nitrogen and oxygen atoms in total. The van der Waals surface area contributed by atoms with Gasteiger partial charge < -0.3 is 15.8 Å². The number of anilines is 1. The highest BCUT2D eigenvalue weighted by Crippen LogP contribution is 2.25. The Hall–Kier alpha value is -2.93. The van der Waals surface area contributed by atoms with Crippen LogP contribution < -0.4 is 15.8 Å². The van der Waals surface area contributed by atoms with E-state index in [0.717, 1.165) is 17.7 Å². The smallest absolute Gasteiger partial charge is 0.251 e. The van der Waals surface area contributed by atoms with Gasteiger partial charge in [-0.25, -0.2) is 9.97 Å². The molecule has 146 valence electrons. The number of rotatable bonds is 7. The molecular formula is C21H24N4O2S. The number of hydrogen-bond donors (Lipinski definition) is 2. The molecule has 2 aromatic heterocycles. The maximum atomic E-state index is 12.3. The molecule has 0 unspecified atom stereocenters. The highest BCUT2D eigenvalue weighted by molar-refractivity contribution is 7.10. The van der Waals surface area contributed by atoms with Crippen molar-refractivity contribution in [1.29, 1.82) is 0 Å². The van der Waals surface area contributed by atoms with Gasteiger partial charge in [0.1, 0.15) is 17.4 Å². The number of ether oxygens (including phenoxy) is 1. The Morgan fingerprint density at radius 3 is 2.64 bits per heavy atom. The summed E-state index contributed by atoms with van der Waals surface area (Å²) in [5.41, 5.74) is 10.0. The number of nitrogens with one attached hydrogen (secondary N) is 1. The topological polar surface area (TPSA) is 90.1 Å². The molecule has 3 aromatic rings. The first-order valence-corrected chi connectivity index (χ1v) is 9.92. The zero-order valence-electron chi connectivity index (χ0n) is 16.3. The lowest BCUT2D eigenvalue weighted by Gasteiger charge is -2.07. The second-order valence-corrected chi connectivity index (χ2v) is 7.51.